The summed E-state index contributed by atoms with van der Waals surface area (Å²) in [5.74, 6) is -1.04. The van der Waals surface area contributed by atoms with Gasteiger partial charge in [-0.1, -0.05) is 6.07 Å². The number of hydrogen-bond acceptors (Lipinski definition) is 3. The van der Waals surface area contributed by atoms with Crippen LogP contribution < -0.4 is 0 Å². The third-order valence-electron chi connectivity index (χ3n) is 3.23. The zero-order valence-electron chi connectivity index (χ0n) is 13.1. The Kier molecular flexibility index (Phi) is 7.45. The van der Waals surface area contributed by atoms with Crippen LogP contribution >= 0.6 is 0 Å². The zero-order valence-corrected chi connectivity index (χ0v) is 14.1. The van der Waals surface area contributed by atoms with Gasteiger partial charge in [-0.25, -0.2) is 8.78 Å². The molecule has 21 heavy (non-hydrogen) atoms. The Balaban J connectivity index is 2.47. The average Bonchev–Trinajstić information content (AvgIpc) is 2.43. The third-order valence-corrected chi connectivity index (χ3v) is 6.27. The van der Waals surface area contributed by atoms with Crippen LogP contribution in [0.15, 0.2) is 18.2 Å². The molecule has 1 rings (SSSR count). The van der Waals surface area contributed by atoms with E-state index in [9.17, 15) is 8.78 Å². The van der Waals surface area contributed by atoms with E-state index >= 15 is 0 Å². The minimum atomic E-state index is -2.62. The van der Waals surface area contributed by atoms with Gasteiger partial charge in [-0.15, -0.1) is 0 Å². The predicted octanol–water partition coefficient (Wildman–Crippen LogP) is 3.94. The van der Waals surface area contributed by atoms with Crippen LogP contribution in [-0.2, 0) is 19.7 Å². The lowest BCUT2D eigenvalue weighted by atomic mass is 10.1. The van der Waals surface area contributed by atoms with Crippen LogP contribution in [0.5, 0.6) is 0 Å². The lowest BCUT2D eigenvalue weighted by Crippen LogP contribution is -2.45. The number of aryl methyl sites for hydroxylation is 1. The number of benzene rings is 1. The van der Waals surface area contributed by atoms with E-state index in [-0.39, 0.29) is 6.10 Å². The summed E-state index contributed by atoms with van der Waals surface area (Å²) in [5.41, 5.74) is 0.531. The maximum Gasteiger partial charge on any atom is 0.500 e. The SMILES string of the molecule is CO[Si](CCCCc1ccc(F)cc1F)(OC)OC(C)C. The van der Waals surface area contributed by atoms with Crippen LogP contribution in [0, 0.1) is 11.6 Å². The van der Waals surface area contributed by atoms with Gasteiger partial charge in [0.15, 0.2) is 0 Å². The fraction of sp³-hybridized carbons (Fsp3) is 0.600. The summed E-state index contributed by atoms with van der Waals surface area (Å²) >= 11 is 0. The molecule has 0 aliphatic heterocycles. The molecule has 0 unspecified atom stereocenters. The molecule has 1 aromatic rings. The Bertz CT molecular complexity index is 437. The lowest BCUT2D eigenvalue weighted by molar-refractivity contribution is 0.0694. The van der Waals surface area contributed by atoms with Gasteiger partial charge >= 0.3 is 8.80 Å². The summed E-state index contributed by atoms with van der Waals surface area (Å²) in [5, 5.41) is 0. The van der Waals surface area contributed by atoms with E-state index in [0.717, 1.165) is 18.9 Å². The molecule has 0 atom stereocenters. The highest BCUT2D eigenvalue weighted by Crippen LogP contribution is 2.21. The van der Waals surface area contributed by atoms with Gasteiger partial charge < -0.3 is 13.3 Å². The Hall–Kier alpha value is -0.823. The number of halogens is 2. The Morgan fingerprint density at radius 1 is 1.10 bits per heavy atom. The Labute approximate surface area is 126 Å². The van der Waals surface area contributed by atoms with Crippen molar-refractivity contribution in [3.05, 3.63) is 35.4 Å². The predicted molar refractivity (Wildman–Crippen MR) is 80.1 cm³/mol. The van der Waals surface area contributed by atoms with Gasteiger partial charge in [0, 0.05) is 32.4 Å². The molecule has 0 N–H and O–H groups in total. The molecule has 0 heterocycles. The van der Waals surface area contributed by atoms with Gasteiger partial charge in [-0.3, -0.25) is 0 Å². The van der Waals surface area contributed by atoms with Crippen LogP contribution in [0.2, 0.25) is 6.04 Å². The molecule has 0 saturated heterocycles. The molecule has 0 aliphatic carbocycles. The lowest BCUT2D eigenvalue weighted by Gasteiger charge is -2.28. The fourth-order valence-corrected chi connectivity index (χ4v) is 4.47. The number of rotatable bonds is 9. The standard InChI is InChI=1S/C15H24F2O3Si/c1-12(2)20-21(18-3,19-4)10-6-5-7-13-8-9-14(16)11-15(13)17/h8-9,11-12H,5-7,10H2,1-4H3. The second-order valence-electron chi connectivity index (χ2n) is 5.20. The van der Waals surface area contributed by atoms with E-state index in [1.165, 1.54) is 12.1 Å². The summed E-state index contributed by atoms with van der Waals surface area (Å²) in [6, 6.07) is 4.37. The van der Waals surface area contributed by atoms with Crippen LogP contribution in [0.4, 0.5) is 8.78 Å². The normalized spacial score (nSPS) is 12.1. The summed E-state index contributed by atoms with van der Waals surface area (Å²) in [6.45, 7) is 3.88. The van der Waals surface area contributed by atoms with Crippen molar-refractivity contribution in [2.45, 2.75) is 45.3 Å². The van der Waals surface area contributed by atoms with Crippen molar-refractivity contribution >= 4 is 8.80 Å². The molecule has 120 valence electrons. The first-order chi connectivity index (χ1) is 9.92. The summed E-state index contributed by atoms with van der Waals surface area (Å²) < 4.78 is 43.1. The molecule has 1 aromatic carbocycles. The van der Waals surface area contributed by atoms with Crippen molar-refractivity contribution in [2.24, 2.45) is 0 Å². The molecule has 0 saturated carbocycles. The number of hydrogen-bond donors (Lipinski definition) is 0. The average molecular weight is 318 g/mol. The van der Waals surface area contributed by atoms with Gasteiger partial charge in [-0.05, 0) is 44.7 Å². The third kappa shape index (κ3) is 5.82. The summed E-state index contributed by atoms with van der Waals surface area (Å²) in [6.07, 6.45) is 2.17. The maximum absolute atomic E-state index is 13.5. The monoisotopic (exact) mass is 318 g/mol. The van der Waals surface area contributed by atoms with E-state index in [1.54, 1.807) is 14.2 Å². The van der Waals surface area contributed by atoms with Crippen LogP contribution in [-0.4, -0.2) is 29.1 Å². The maximum atomic E-state index is 13.5. The zero-order chi connectivity index (χ0) is 15.9. The molecule has 0 bridgehead atoms. The number of unbranched alkanes of at least 4 members (excludes halogenated alkanes) is 1. The van der Waals surface area contributed by atoms with E-state index < -0.39 is 20.4 Å². The first-order valence-corrected chi connectivity index (χ1v) is 9.07. The minimum absolute atomic E-state index is 0.0334. The minimum Gasteiger partial charge on any atom is -0.377 e. The molecule has 0 radical (unpaired) electrons. The highest BCUT2D eigenvalue weighted by atomic mass is 28.4. The molecule has 0 fully saturated rings. The summed E-state index contributed by atoms with van der Waals surface area (Å²) in [4.78, 5) is 0. The van der Waals surface area contributed by atoms with Gasteiger partial charge in [0.25, 0.3) is 0 Å². The topological polar surface area (TPSA) is 27.7 Å². The highest BCUT2D eigenvalue weighted by Gasteiger charge is 2.39. The second kappa shape index (κ2) is 8.58. The van der Waals surface area contributed by atoms with Gasteiger partial charge in [-0.2, -0.15) is 0 Å². The van der Waals surface area contributed by atoms with Crippen LogP contribution in [0.3, 0.4) is 0 Å². The van der Waals surface area contributed by atoms with E-state index in [0.29, 0.717) is 18.0 Å². The van der Waals surface area contributed by atoms with Crippen molar-refractivity contribution in [3.63, 3.8) is 0 Å². The highest BCUT2D eigenvalue weighted by molar-refractivity contribution is 6.60. The van der Waals surface area contributed by atoms with Crippen molar-refractivity contribution in [1.29, 1.82) is 0 Å². The molecule has 0 aliphatic rings. The summed E-state index contributed by atoms with van der Waals surface area (Å²) in [7, 11) is 0.569. The van der Waals surface area contributed by atoms with Crippen molar-refractivity contribution in [2.75, 3.05) is 14.2 Å². The van der Waals surface area contributed by atoms with Gasteiger partial charge in [0.05, 0.1) is 0 Å². The quantitative estimate of drug-likeness (QED) is 0.510. The molecule has 3 nitrogen and oxygen atoms in total. The molecule has 0 spiro atoms. The molecular formula is C15H24F2O3Si. The smallest absolute Gasteiger partial charge is 0.377 e. The Morgan fingerprint density at radius 2 is 1.76 bits per heavy atom. The van der Waals surface area contributed by atoms with E-state index in [4.69, 9.17) is 13.3 Å². The van der Waals surface area contributed by atoms with Gasteiger partial charge in [0.2, 0.25) is 0 Å². The molecule has 0 amide bonds. The first kappa shape index (κ1) is 18.2. The van der Waals surface area contributed by atoms with Crippen molar-refractivity contribution in [1.82, 2.24) is 0 Å². The first-order valence-electron chi connectivity index (χ1n) is 7.14. The second-order valence-corrected chi connectivity index (χ2v) is 8.12. The molecular weight excluding hydrogens is 294 g/mol. The molecule has 0 aromatic heterocycles. The largest absolute Gasteiger partial charge is 0.500 e. The molecule has 6 heteroatoms. The Morgan fingerprint density at radius 3 is 2.29 bits per heavy atom. The van der Waals surface area contributed by atoms with E-state index in [1.807, 2.05) is 13.8 Å². The van der Waals surface area contributed by atoms with E-state index in [2.05, 4.69) is 0 Å². The van der Waals surface area contributed by atoms with Gasteiger partial charge in [0.1, 0.15) is 11.6 Å². The fourth-order valence-electron chi connectivity index (χ4n) is 2.18. The van der Waals surface area contributed by atoms with Crippen LogP contribution in [0.1, 0.15) is 32.3 Å². The van der Waals surface area contributed by atoms with Crippen molar-refractivity contribution in [3.8, 4) is 0 Å². The van der Waals surface area contributed by atoms with Crippen molar-refractivity contribution < 1.29 is 22.1 Å². The van der Waals surface area contributed by atoms with Crippen LogP contribution in [0.25, 0.3) is 0 Å².